The maximum Gasteiger partial charge on any atom is 0.258 e. The number of rotatable bonds is 4. The summed E-state index contributed by atoms with van der Waals surface area (Å²) in [5.74, 6) is -1.02. The molecule has 0 saturated carbocycles. The van der Waals surface area contributed by atoms with Crippen molar-refractivity contribution < 1.29 is 9.47 Å². The fraction of sp³-hybridized carbons (Fsp3) is 0.857. The molecule has 0 aliphatic heterocycles. The second-order valence-electron chi connectivity index (χ2n) is 2.02. The second kappa shape index (κ2) is 4.26. The Morgan fingerprint density at radius 2 is 1.90 bits per heavy atom. The Bertz CT molecular complexity index is 124. The molecule has 3 nitrogen and oxygen atoms in total. The molecule has 0 bridgehead atoms. The third-order valence-electron chi connectivity index (χ3n) is 1.41. The molecule has 10 heavy (non-hydrogen) atoms. The minimum Gasteiger partial charge on any atom is -0.342 e. The molecule has 0 radical (unpaired) electrons. The molecule has 0 amide bonds. The maximum absolute atomic E-state index is 8.61. The highest BCUT2D eigenvalue weighted by molar-refractivity contribution is 4.92. The van der Waals surface area contributed by atoms with E-state index in [2.05, 4.69) is 0 Å². The zero-order chi connectivity index (χ0) is 8.04. The first-order valence-corrected chi connectivity index (χ1v) is 3.26. The molecule has 0 saturated heterocycles. The minimum atomic E-state index is -1.02. The summed E-state index contributed by atoms with van der Waals surface area (Å²) < 4.78 is 9.79. The number of nitrogens with zero attached hydrogens (tertiary/aromatic N) is 1. The van der Waals surface area contributed by atoms with E-state index in [9.17, 15) is 0 Å². The third kappa shape index (κ3) is 1.98. The SMILES string of the molecule is CCCC(C#N)(OC)OC. The van der Waals surface area contributed by atoms with Gasteiger partial charge in [-0.05, 0) is 6.42 Å². The first-order chi connectivity index (χ1) is 4.74. The Balaban J connectivity index is 4.05. The molecule has 0 rings (SSSR count). The van der Waals surface area contributed by atoms with Gasteiger partial charge in [-0.3, -0.25) is 0 Å². The van der Waals surface area contributed by atoms with Crippen LogP contribution >= 0.6 is 0 Å². The van der Waals surface area contributed by atoms with Crippen LogP contribution in [0.15, 0.2) is 0 Å². The van der Waals surface area contributed by atoms with Crippen LogP contribution < -0.4 is 0 Å². The summed E-state index contributed by atoms with van der Waals surface area (Å²) in [6.07, 6.45) is 1.48. The molecule has 0 atom stereocenters. The lowest BCUT2D eigenvalue weighted by Crippen LogP contribution is -2.31. The maximum atomic E-state index is 8.61. The monoisotopic (exact) mass is 143 g/mol. The van der Waals surface area contributed by atoms with Crippen molar-refractivity contribution in [3.05, 3.63) is 0 Å². The van der Waals surface area contributed by atoms with Gasteiger partial charge in [-0.1, -0.05) is 6.92 Å². The Kier molecular flexibility index (Phi) is 4.01. The predicted molar refractivity (Wildman–Crippen MR) is 37.3 cm³/mol. The molecular weight excluding hydrogens is 130 g/mol. The van der Waals surface area contributed by atoms with Gasteiger partial charge in [0.05, 0.1) is 0 Å². The van der Waals surface area contributed by atoms with Gasteiger partial charge in [-0.25, -0.2) is 0 Å². The quantitative estimate of drug-likeness (QED) is 0.557. The van der Waals surface area contributed by atoms with E-state index < -0.39 is 5.79 Å². The summed E-state index contributed by atoms with van der Waals surface area (Å²) >= 11 is 0. The summed E-state index contributed by atoms with van der Waals surface area (Å²) in [6.45, 7) is 1.98. The van der Waals surface area contributed by atoms with Crippen molar-refractivity contribution >= 4 is 0 Å². The van der Waals surface area contributed by atoms with Crippen molar-refractivity contribution in [3.63, 3.8) is 0 Å². The average Bonchev–Trinajstić information content (AvgIpc) is 2.01. The van der Waals surface area contributed by atoms with E-state index in [0.717, 1.165) is 6.42 Å². The van der Waals surface area contributed by atoms with Crippen LogP contribution in [0.2, 0.25) is 0 Å². The van der Waals surface area contributed by atoms with Crippen molar-refractivity contribution in [2.75, 3.05) is 14.2 Å². The van der Waals surface area contributed by atoms with Gasteiger partial charge < -0.3 is 9.47 Å². The smallest absolute Gasteiger partial charge is 0.258 e. The molecule has 0 aliphatic rings. The van der Waals surface area contributed by atoms with Gasteiger partial charge in [0.25, 0.3) is 5.79 Å². The zero-order valence-corrected chi connectivity index (χ0v) is 6.68. The molecule has 0 fully saturated rings. The first kappa shape index (κ1) is 9.41. The number of hydrogen-bond acceptors (Lipinski definition) is 3. The Morgan fingerprint density at radius 3 is 2.00 bits per heavy atom. The van der Waals surface area contributed by atoms with Crippen molar-refractivity contribution in [1.82, 2.24) is 0 Å². The van der Waals surface area contributed by atoms with Gasteiger partial charge >= 0.3 is 0 Å². The lowest BCUT2D eigenvalue weighted by molar-refractivity contribution is -0.167. The van der Waals surface area contributed by atoms with Crippen molar-refractivity contribution in [2.24, 2.45) is 0 Å². The lowest BCUT2D eigenvalue weighted by atomic mass is 10.2. The highest BCUT2D eigenvalue weighted by Crippen LogP contribution is 2.16. The minimum absolute atomic E-state index is 0.608. The van der Waals surface area contributed by atoms with Crippen molar-refractivity contribution in [2.45, 2.75) is 25.6 Å². The van der Waals surface area contributed by atoms with E-state index in [-0.39, 0.29) is 0 Å². The highest BCUT2D eigenvalue weighted by Gasteiger charge is 2.27. The van der Waals surface area contributed by atoms with Crippen molar-refractivity contribution in [1.29, 1.82) is 5.26 Å². The Morgan fingerprint density at radius 1 is 1.40 bits per heavy atom. The fourth-order valence-electron chi connectivity index (χ4n) is 0.764. The van der Waals surface area contributed by atoms with E-state index in [1.54, 1.807) is 0 Å². The molecule has 0 unspecified atom stereocenters. The molecule has 0 aliphatic carbocycles. The first-order valence-electron chi connectivity index (χ1n) is 3.26. The molecule has 0 heterocycles. The molecule has 0 aromatic heterocycles. The topological polar surface area (TPSA) is 42.2 Å². The van der Waals surface area contributed by atoms with Crippen LogP contribution in [-0.4, -0.2) is 20.0 Å². The molecule has 0 spiro atoms. The van der Waals surface area contributed by atoms with E-state index >= 15 is 0 Å². The normalized spacial score (nSPS) is 11.0. The Hall–Kier alpha value is -0.590. The largest absolute Gasteiger partial charge is 0.342 e. The standard InChI is InChI=1S/C7H13NO2/c1-4-5-7(6-8,9-2)10-3/h4-5H2,1-3H3. The van der Waals surface area contributed by atoms with Crippen LogP contribution in [0.25, 0.3) is 0 Å². The van der Waals surface area contributed by atoms with Crippen LogP contribution in [-0.2, 0) is 9.47 Å². The average molecular weight is 143 g/mol. The Labute approximate surface area is 61.5 Å². The molecule has 0 aromatic carbocycles. The van der Waals surface area contributed by atoms with E-state index in [1.165, 1.54) is 14.2 Å². The number of ether oxygens (including phenoxy) is 2. The number of nitriles is 1. The summed E-state index contributed by atoms with van der Waals surface area (Å²) in [5, 5.41) is 8.61. The third-order valence-corrected chi connectivity index (χ3v) is 1.41. The summed E-state index contributed by atoms with van der Waals surface area (Å²) in [7, 11) is 2.95. The van der Waals surface area contributed by atoms with Gasteiger partial charge in [0.1, 0.15) is 6.07 Å². The second-order valence-corrected chi connectivity index (χ2v) is 2.02. The van der Waals surface area contributed by atoms with Crippen LogP contribution in [0, 0.1) is 11.3 Å². The van der Waals surface area contributed by atoms with Gasteiger partial charge in [0.15, 0.2) is 0 Å². The number of methoxy groups -OCH3 is 2. The van der Waals surface area contributed by atoms with E-state index in [4.69, 9.17) is 14.7 Å². The van der Waals surface area contributed by atoms with Crippen LogP contribution in [0.3, 0.4) is 0 Å². The molecular formula is C7H13NO2. The highest BCUT2D eigenvalue weighted by atomic mass is 16.7. The summed E-state index contributed by atoms with van der Waals surface area (Å²) in [4.78, 5) is 0. The fourth-order valence-corrected chi connectivity index (χ4v) is 0.764. The van der Waals surface area contributed by atoms with E-state index in [1.807, 2.05) is 13.0 Å². The van der Waals surface area contributed by atoms with Crippen LogP contribution in [0.1, 0.15) is 19.8 Å². The van der Waals surface area contributed by atoms with Gasteiger partial charge in [-0.2, -0.15) is 5.26 Å². The van der Waals surface area contributed by atoms with Crippen LogP contribution in [0.4, 0.5) is 0 Å². The van der Waals surface area contributed by atoms with E-state index in [0.29, 0.717) is 6.42 Å². The van der Waals surface area contributed by atoms with Crippen molar-refractivity contribution in [3.8, 4) is 6.07 Å². The zero-order valence-electron chi connectivity index (χ0n) is 6.68. The van der Waals surface area contributed by atoms with Gasteiger partial charge in [-0.15, -0.1) is 0 Å². The molecule has 3 heteroatoms. The lowest BCUT2D eigenvalue weighted by Gasteiger charge is -2.21. The molecule has 58 valence electrons. The molecule has 0 aromatic rings. The van der Waals surface area contributed by atoms with Gasteiger partial charge in [0, 0.05) is 20.6 Å². The summed E-state index contributed by atoms with van der Waals surface area (Å²) in [6, 6.07) is 1.97. The van der Waals surface area contributed by atoms with Gasteiger partial charge in [0.2, 0.25) is 0 Å². The number of hydrogen-bond donors (Lipinski definition) is 0. The molecule has 0 N–H and O–H groups in total. The predicted octanol–water partition coefficient (Wildman–Crippen LogP) is 1.30. The van der Waals surface area contributed by atoms with Crippen LogP contribution in [0.5, 0.6) is 0 Å². The summed E-state index contributed by atoms with van der Waals surface area (Å²) in [5.41, 5.74) is 0.